The lowest BCUT2D eigenvalue weighted by atomic mass is 10.2. The number of anilines is 1. The Labute approximate surface area is 154 Å². The number of nitrogens with zero attached hydrogens (tertiary/aromatic N) is 5. The second-order valence-corrected chi connectivity index (χ2v) is 6.49. The van der Waals surface area contributed by atoms with Crippen molar-refractivity contribution < 1.29 is 9.59 Å². The Morgan fingerprint density at radius 2 is 2.15 bits per heavy atom. The van der Waals surface area contributed by atoms with Crippen molar-refractivity contribution in [2.45, 2.75) is 20.4 Å². The minimum Gasteiger partial charge on any atom is -0.339 e. The third kappa shape index (κ3) is 3.94. The highest BCUT2D eigenvalue weighted by Crippen LogP contribution is 2.22. The summed E-state index contributed by atoms with van der Waals surface area (Å²) in [6.07, 6.45) is 1.44. The van der Waals surface area contributed by atoms with Gasteiger partial charge in [0.05, 0.1) is 5.69 Å². The molecule has 0 unspecified atom stereocenters. The van der Waals surface area contributed by atoms with Gasteiger partial charge in [0.25, 0.3) is 5.91 Å². The Balaban J connectivity index is 1.76. The first-order valence-corrected chi connectivity index (χ1v) is 8.93. The molecule has 0 aliphatic carbocycles. The average Bonchev–Trinajstić information content (AvgIpc) is 3.30. The monoisotopic (exact) mass is 370 g/mol. The van der Waals surface area contributed by atoms with Crippen molar-refractivity contribution in [2.75, 3.05) is 11.9 Å². The van der Waals surface area contributed by atoms with E-state index in [-0.39, 0.29) is 11.8 Å². The molecule has 2 aromatic heterocycles. The molecule has 9 heteroatoms. The molecule has 0 saturated heterocycles. The standard InChI is InChI=1S/C17H18N6O2S/c1-3-22(12(2)24)10-13-5-4-6-14(9-13)19-17(25)16-15(7-8-26-16)23-11-18-20-21-23/h4-9,11H,3,10H2,1-2H3,(H,19,25). The SMILES string of the molecule is CCN(Cc1cccc(NC(=O)c2sccc2-n2cnnn2)c1)C(C)=O. The number of carbonyl (C=O) groups excluding carboxylic acids is 2. The first-order chi connectivity index (χ1) is 12.6. The van der Waals surface area contributed by atoms with Gasteiger partial charge in [0.2, 0.25) is 5.91 Å². The summed E-state index contributed by atoms with van der Waals surface area (Å²) in [4.78, 5) is 26.5. The van der Waals surface area contributed by atoms with Crippen LogP contribution in [0.3, 0.4) is 0 Å². The number of amides is 2. The molecule has 0 aliphatic heterocycles. The van der Waals surface area contributed by atoms with Gasteiger partial charge in [-0.3, -0.25) is 9.59 Å². The smallest absolute Gasteiger partial charge is 0.267 e. The molecule has 134 valence electrons. The Morgan fingerprint density at radius 3 is 2.85 bits per heavy atom. The summed E-state index contributed by atoms with van der Waals surface area (Å²) in [6.45, 7) is 4.62. The van der Waals surface area contributed by atoms with E-state index in [0.717, 1.165) is 5.56 Å². The maximum atomic E-state index is 12.6. The number of hydrogen-bond acceptors (Lipinski definition) is 6. The molecule has 0 bridgehead atoms. The van der Waals surface area contributed by atoms with E-state index in [9.17, 15) is 9.59 Å². The van der Waals surface area contributed by atoms with Crippen LogP contribution in [0.15, 0.2) is 42.0 Å². The number of thiophene rings is 1. The molecule has 2 heterocycles. The van der Waals surface area contributed by atoms with E-state index >= 15 is 0 Å². The predicted octanol–water partition coefficient (Wildman–Crippen LogP) is 2.34. The molecule has 26 heavy (non-hydrogen) atoms. The zero-order chi connectivity index (χ0) is 18.5. The largest absolute Gasteiger partial charge is 0.339 e. The van der Waals surface area contributed by atoms with Crippen LogP contribution in [0.5, 0.6) is 0 Å². The summed E-state index contributed by atoms with van der Waals surface area (Å²) in [6, 6.07) is 9.26. The van der Waals surface area contributed by atoms with Crippen molar-refractivity contribution >= 4 is 28.8 Å². The van der Waals surface area contributed by atoms with Crippen LogP contribution in [-0.4, -0.2) is 43.5 Å². The van der Waals surface area contributed by atoms with Gasteiger partial charge >= 0.3 is 0 Å². The molecule has 0 fully saturated rings. The number of tetrazole rings is 1. The molecule has 0 spiro atoms. The van der Waals surface area contributed by atoms with Gasteiger partial charge in [-0.25, -0.2) is 0 Å². The van der Waals surface area contributed by atoms with Crippen molar-refractivity contribution in [3.63, 3.8) is 0 Å². The van der Waals surface area contributed by atoms with Gasteiger partial charge in [0.1, 0.15) is 11.2 Å². The number of rotatable bonds is 6. The first kappa shape index (κ1) is 17.7. The molecule has 0 saturated carbocycles. The fraction of sp³-hybridized carbons (Fsp3) is 0.235. The minimum atomic E-state index is -0.235. The van der Waals surface area contributed by atoms with Crippen LogP contribution >= 0.6 is 11.3 Å². The molecule has 1 N–H and O–H groups in total. The molecule has 2 amide bonds. The number of aromatic nitrogens is 4. The van der Waals surface area contributed by atoms with E-state index in [4.69, 9.17) is 0 Å². The maximum absolute atomic E-state index is 12.6. The Hall–Kier alpha value is -3.07. The highest BCUT2D eigenvalue weighted by Gasteiger charge is 2.16. The van der Waals surface area contributed by atoms with Gasteiger partial charge in [-0.05, 0) is 46.5 Å². The summed E-state index contributed by atoms with van der Waals surface area (Å²) in [5.41, 5.74) is 2.25. The second-order valence-electron chi connectivity index (χ2n) is 5.58. The predicted molar refractivity (Wildman–Crippen MR) is 98.2 cm³/mol. The van der Waals surface area contributed by atoms with Crippen molar-refractivity contribution in [3.8, 4) is 5.69 Å². The topological polar surface area (TPSA) is 93.0 Å². The molecule has 0 radical (unpaired) electrons. The Bertz CT molecular complexity index is 906. The van der Waals surface area contributed by atoms with Crippen LogP contribution in [0.1, 0.15) is 29.1 Å². The summed E-state index contributed by atoms with van der Waals surface area (Å²) in [5.74, 6) is -0.215. The number of nitrogens with one attached hydrogen (secondary N) is 1. The van der Waals surface area contributed by atoms with Crippen LogP contribution in [-0.2, 0) is 11.3 Å². The highest BCUT2D eigenvalue weighted by atomic mass is 32.1. The van der Waals surface area contributed by atoms with E-state index in [1.165, 1.54) is 22.3 Å². The maximum Gasteiger partial charge on any atom is 0.267 e. The van der Waals surface area contributed by atoms with Crippen molar-refractivity contribution in [2.24, 2.45) is 0 Å². The quantitative estimate of drug-likeness (QED) is 0.719. The summed E-state index contributed by atoms with van der Waals surface area (Å²) >= 11 is 1.32. The molecule has 8 nitrogen and oxygen atoms in total. The molecule has 0 aliphatic rings. The minimum absolute atomic E-state index is 0.0200. The third-order valence-corrected chi connectivity index (χ3v) is 4.73. The fourth-order valence-electron chi connectivity index (χ4n) is 2.53. The van der Waals surface area contributed by atoms with Gasteiger partial charge in [-0.2, -0.15) is 4.68 Å². The van der Waals surface area contributed by atoms with E-state index in [1.54, 1.807) is 17.9 Å². The third-order valence-electron chi connectivity index (χ3n) is 3.83. The molecule has 3 rings (SSSR count). The van der Waals surface area contributed by atoms with Crippen LogP contribution in [0.2, 0.25) is 0 Å². The molecule has 1 aromatic carbocycles. The van der Waals surface area contributed by atoms with Crippen LogP contribution in [0, 0.1) is 0 Å². The number of hydrogen-bond donors (Lipinski definition) is 1. The lowest BCUT2D eigenvalue weighted by Gasteiger charge is -2.19. The first-order valence-electron chi connectivity index (χ1n) is 8.05. The summed E-state index contributed by atoms with van der Waals surface area (Å²) in [5, 5.41) is 15.7. The van der Waals surface area contributed by atoms with E-state index in [1.807, 2.05) is 36.6 Å². The molecule has 3 aromatic rings. The van der Waals surface area contributed by atoms with Crippen LogP contribution in [0.4, 0.5) is 5.69 Å². The van der Waals surface area contributed by atoms with Crippen molar-refractivity contribution in [1.29, 1.82) is 0 Å². The van der Waals surface area contributed by atoms with Crippen molar-refractivity contribution in [3.05, 3.63) is 52.5 Å². The Kier molecular flexibility index (Phi) is 5.37. The van der Waals surface area contributed by atoms with Gasteiger partial charge in [0.15, 0.2) is 0 Å². The van der Waals surface area contributed by atoms with E-state index < -0.39 is 0 Å². The van der Waals surface area contributed by atoms with E-state index in [2.05, 4.69) is 20.8 Å². The summed E-state index contributed by atoms with van der Waals surface area (Å²) in [7, 11) is 0. The average molecular weight is 370 g/mol. The summed E-state index contributed by atoms with van der Waals surface area (Å²) < 4.78 is 1.45. The molecular weight excluding hydrogens is 352 g/mol. The normalized spacial score (nSPS) is 10.5. The zero-order valence-electron chi connectivity index (χ0n) is 14.4. The lowest BCUT2D eigenvalue weighted by Crippen LogP contribution is -2.27. The second kappa shape index (κ2) is 7.87. The van der Waals surface area contributed by atoms with Gasteiger partial charge in [-0.15, -0.1) is 16.4 Å². The lowest BCUT2D eigenvalue weighted by molar-refractivity contribution is -0.129. The fourth-order valence-corrected chi connectivity index (χ4v) is 3.30. The molecule has 0 atom stereocenters. The van der Waals surface area contributed by atoms with Gasteiger partial charge < -0.3 is 10.2 Å². The van der Waals surface area contributed by atoms with Crippen LogP contribution in [0.25, 0.3) is 5.69 Å². The number of carbonyl (C=O) groups is 2. The molecular formula is C17H18N6O2S. The number of benzene rings is 1. The highest BCUT2D eigenvalue weighted by molar-refractivity contribution is 7.12. The van der Waals surface area contributed by atoms with Gasteiger partial charge in [-0.1, -0.05) is 12.1 Å². The Morgan fingerprint density at radius 1 is 1.31 bits per heavy atom. The van der Waals surface area contributed by atoms with Crippen LogP contribution < -0.4 is 5.32 Å². The van der Waals surface area contributed by atoms with Gasteiger partial charge in [0, 0.05) is 25.7 Å². The van der Waals surface area contributed by atoms with Crippen molar-refractivity contribution in [1.82, 2.24) is 25.1 Å². The van der Waals surface area contributed by atoms with E-state index in [0.29, 0.717) is 29.3 Å². The zero-order valence-corrected chi connectivity index (χ0v) is 15.2.